The van der Waals surface area contributed by atoms with Gasteiger partial charge >= 0.3 is 5.69 Å². The van der Waals surface area contributed by atoms with Crippen LogP contribution < -0.4 is 11.2 Å². The summed E-state index contributed by atoms with van der Waals surface area (Å²) >= 11 is 0. The summed E-state index contributed by atoms with van der Waals surface area (Å²) in [4.78, 5) is 36.2. The molecule has 0 saturated carbocycles. The Balaban J connectivity index is 2.82. The van der Waals surface area contributed by atoms with E-state index >= 15 is 0 Å². The first-order valence-corrected chi connectivity index (χ1v) is 5.05. The van der Waals surface area contributed by atoms with E-state index in [1.54, 1.807) is 0 Å². The molecule has 0 aliphatic carbocycles. The lowest BCUT2D eigenvalue weighted by molar-refractivity contribution is 0.215. The van der Waals surface area contributed by atoms with Crippen LogP contribution in [0.2, 0.25) is 0 Å². The van der Waals surface area contributed by atoms with Crippen molar-refractivity contribution in [2.75, 3.05) is 7.11 Å². The Morgan fingerprint density at radius 3 is 2.72 bits per heavy atom. The molecule has 18 heavy (non-hydrogen) atoms. The third-order valence-corrected chi connectivity index (χ3v) is 2.46. The molecule has 0 amide bonds. The van der Waals surface area contributed by atoms with Crippen molar-refractivity contribution >= 4 is 17.4 Å². The van der Waals surface area contributed by atoms with Gasteiger partial charge in [0.1, 0.15) is 12.8 Å². The molecular weight excluding hydrogens is 238 g/mol. The molecular formula is C10H11N5O3. The van der Waals surface area contributed by atoms with E-state index < -0.39 is 11.2 Å². The van der Waals surface area contributed by atoms with Crippen LogP contribution in [0.25, 0.3) is 11.2 Å². The molecule has 8 heteroatoms. The normalized spacial score (nSPS) is 11.3. The van der Waals surface area contributed by atoms with Crippen molar-refractivity contribution in [2.45, 2.75) is 0 Å². The van der Waals surface area contributed by atoms with Gasteiger partial charge in [-0.05, 0) is 0 Å². The molecule has 2 rings (SSSR count). The number of rotatable bonds is 2. The fraction of sp³-hybridized carbons (Fsp3) is 0.300. The minimum Gasteiger partial charge on any atom is -0.399 e. The number of aromatic nitrogens is 4. The van der Waals surface area contributed by atoms with E-state index in [9.17, 15) is 9.59 Å². The Morgan fingerprint density at radius 2 is 2.06 bits per heavy atom. The van der Waals surface area contributed by atoms with Crippen molar-refractivity contribution in [3.05, 3.63) is 32.7 Å². The second-order valence-corrected chi connectivity index (χ2v) is 3.59. The van der Waals surface area contributed by atoms with Crippen LogP contribution >= 0.6 is 0 Å². The minimum absolute atomic E-state index is 0.133. The summed E-state index contributed by atoms with van der Waals surface area (Å²) in [6.45, 7) is 0. The average molecular weight is 249 g/mol. The van der Waals surface area contributed by atoms with Gasteiger partial charge in [-0.3, -0.25) is 13.9 Å². The molecule has 2 heterocycles. The Morgan fingerprint density at radius 1 is 1.33 bits per heavy atom. The summed E-state index contributed by atoms with van der Waals surface area (Å²) in [6, 6.07) is 0. The zero-order valence-corrected chi connectivity index (χ0v) is 10.1. The number of hydrogen-bond donors (Lipinski definition) is 0. The van der Waals surface area contributed by atoms with Crippen molar-refractivity contribution in [2.24, 2.45) is 19.3 Å². The van der Waals surface area contributed by atoms with E-state index in [4.69, 9.17) is 0 Å². The Kier molecular flexibility index (Phi) is 2.92. The van der Waals surface area contributed by atoms with Gasteiger partial charge in [0.05, 0.1) is 12.4 Å². The smallest absolute Gasteiger partial charge is 0.332 e. The number of oxime groups is 1. The number of fused-ring (bicyclic) bond motifs is 1. The predicted molar refractivity (Wildman–Crippen MR) is 64.6 cm³/mol. The molecule has 0 aliphatic heterocycles. The van der Waals surface area contributed by atoms with Gasteiger partial charge in [0, 0.05) is 14.1 Å². The highest BCUT2D eigenvalue weighted by molar-refractivity contribution is 5.79. The molecule has 2 aromatic heterocycles. The van der Waals surface area contributed by atoms with Crippen LogP contribution in [-0.4, -0.2) is 32.4 Å². The number of aryl methyl sites for hydroxylation is 1. The SMILES string of the molecule is CON=Cc1cnc2c(=O)n(C)c(=O)n(C)c2n1. The van der Waals surface area contributed by atoms with Crippen molar-refractivity contribution < 1.29 is 4.84 Å². The quantitative estimate of drug-likeness (QED) is 0.503. The summed E-state index contributed by atoms with van der Waals surface area (Å²) in [6.07, 6.45) is 2.73. The monoisotopic (exact) mass is 249 g/mol. The van der Waals surface area contributed by atoms with Crippen LogP contribution in [0, 0.1) is 0 Å². The molecule has 0 fully saturated rings. The van der Waals surface area contributed by atoms with Crippen LogP contribution in [0.5, 0.6) is 0 Å². The van der Waals surface area contributed by atoms with E-state index in [-0.39, 0.29) is 11.2 Å². The van der Waals surface area contributed by atoms with E-state index in [0.29, 0.717) is 5.69 Å². The maximum Gasteiger partial charge on any atom is 0.332 e. The first-order valence-electron chi connectivity index (χ1n) is 5.05. The topological polar surface area (TPSA) is 91.4 Å². The second kappa shape index (κ2) is 4.40. The highest BCUT2D eigenvalue weighted by atomic mass is 16.6. The zero-order chi connectivity index (χ0) is 13.3. The highest BCUT2D eigenvalue weighted by Gasteiger charge is 2.10. The third-order valence-electron chi connectivity index (χ3n) is 2.46. The van der Waals surface area contributed by atoms with Gasteiger partial charge in [-0.25, -0.2) is 14.8 Å². The first kappa shape index (κ1) is 12.0. The van der Waals surface area contributed by atoms with Crippen LogP contribution in [0.4, 0.5) is 0 Å². The van der Waals surface area contributed by atoms with Gasteiger partial charge in [-0.15, -0.1) is 0 Å². The Bertz CT molecular complexity index is 743. The predicted octanol–water partition coefficient (Wildman–Crippen LogP) is -0.992. The zero-order valence-electron chi connectivity index (χ0n) is 10.1. The van der Waals surface area contributed by atoms with Gasteiger partial charge in [0.2, 0.25) is 0 Å². The summed E-state index contributed by atoms with van der Waals surface area (Å²) < 4.78 is 2.24. The highest BCUT2D eigenvalue weighted by Crippen LogP contribution is 2.00. The molecule has 2 aromatic rings. The maximum atomic E-state index is 11.8. The van der Waals surface area contributed by atoms with Crippen LogP contribution in [0.15, 0.2) is 20.9 Å². The van der Waals surface area contributed by atoms with Crippen LogP contribution in [-0.2, 0) is 18.9 Å². The maximum absolute atomic E-state index is 11.8. The molecule has 0 unspecified atom stereocenters. The molecule has 0 spiro atoms. The van der Waals surface area contributed by atoms with Crippen LogP contribution in [0.3, 0.4) is 0 Å². The Hall–Kier alpha value is -2.51. The summed E-state index contributed by atoms with van der Waals surface area (Å²) in [5, 5.41) is 3.54. The number of nitrogens with zero attached hydrogens (tertiary/aromatic N) is 5. The fourth-order valence-electron chi connectivity index (χ4n) is 1.51. The lowest BCUT2D eigenvalue weighted by Gasteiger charge is -2.05. The standard InChI is InChI=1S/C10H11N5O3/c1-14-8-7(9(16)15(2)10(14)17)11-4-6(13-8)5-12-18-3/h4-5H,1-3H3. The summed E-state index contributed by atoms with van der Waals surface area (Å²) in [5.41, 5.74) is -0.191. The molecule has 0 aliphatic rings. The molecule has 0 radical (unpaired) electrons. The average Bonchev–Trinajstić information content (AvgIpc) is 2.40. The van der Waals surface area contributed by atoms with E-state index in [0.717, 1.165) is 4.57 Å². The lowest BCUT2D eigenvalue weighted by Crippen LogP contribution is -2.37. The largest absolute Gasteiger partial charge is 0.399 e. The second-order valence-electron chi connectivity index (χ2n) is 3.59. The molecule has 94 valence electrons. The number of hydrogen-bond acceptors (Lipinski definition) is 6. The lowest BCUT2D eigenvalue weighted by atomic mass is 10.4. The van der Waals surface area contributed by atoms with Crippen molar-refractivity contribution in [1.82, 2.24) is 19.1 Å². The minimum atomic E-state index is -0.476. The molecule has 8 nitrogen and oxygen atoms in total. The van der Waals surface area contributed by atoms with Gasteiger partial charge in [-0.1, -0.05) is 5.16 Å². The Labute approximate surface area is 101 Å². The fourth-order valence-corrected chi connectivity index (χ4v) is 1.51. The molecule has 0 aromatic carbocycles. The summed E-state index contributed by atoms with van der Waals surface area (Å²) in [5.74, 6) is 0. The molecule has 0 atom stereocenters. The van der Waals surface area contributed by atoms with E-state index in [2.05, 4.69) is 20.0 Å². The summed E-state index contributed by atoms with van der Waals surface area (Å²) in [7, 11) is 4.32. The van der Waals surface area contributed by atoms with Gasteiger partial charge in [0.15, 0.2) is 11.2 Å². The van der Waals surface area contributed by atoms with Gasteiger partial charge < -0.3 is 4.84 Å². The molecule has 0 bridgehead atoms. The van der Waals surface area contributed by atoms with E-state index in [1.165, 1.54) is 38.2 Å². The van der Waals surface area contributed by atoms with Gasteiger partial charge in [0.25, 0.3) is 5.56 Å². The first-order chi connectivity index (χ1) is 8.56. The van der Waals surface area contributed by atoms with Crippen molar-refractivity contribution in [1.29, 1.82) is 0 Å². The molecule has 0 N–H and O–H groups in total. The van der Waals surface area contributed by atoms with Crippen LogP contribution in [0.1, 0.15) is 5.69 Å². The van der Waals surface area contributed by atoms with E-state index in [1.807, 2.05) is 0 Å². The van der Waals surface area contributed by atoms with Crippen molar-refractivity contribution in [3.63, 3.8) is 0 Å². The molecule has 0 saturated heterocycles. The van der Waals surface area contributed by atoms with Crippen molar-refractivity contribution in [3.8, 4) is 0 Å². The van der Waals surface area contributed by atoms with Gasteiger partial charge in [-0.2, -0.15) is 0 Å². The third kappa shape index (κ3) is 1.77.